The molecule has 0 aliphatic carbocycles. The second-order valence-electron chi connectivity index (χ2n) is 5.65. The summed E-state index contributed by atoms with van der Waals surface area (Å²) >= 11 is 5.87. The Balaban J connectivity index is 2.00. The van der Waals surface area contributed by atoms with Crippen molar-refractivity contribution in [1.82, 2.24) is 5.32 Å². The van der Waals surface area contributed by atoms with Crippen LogP contribution in [0, 0.1) is 0 Å². The molecule has 2 aromatic carbocycles. The second-order valence-corrected chi connectivity index (χ2v) is 8.41. The van der Waals surface area contributed by atoms with Crippen molar-refractivity contribution in [3.8, 4) is 5.75 Å². The van der Waals surface area contributed by atoms with E-state index in [0.29, 0.717) is 16.3 Å². The Bertz CT molecular complexity index is 852. The molecular formula is C18H20ClNO4S. The lowest BCUT2D eigenvalue weighted by Gasteiger charge is -2.14. The van der Waals surface area contributed by atoms with Crippen molar-refractivity contribution in [2.75, 3.05) is 7.11 Å². The van der Waals surface area contributed by atoms with Crippen LogP contribution in [0.5, 0.6) is 5.75 Å². The predicted octanol–water partition coefficient (Wildman–Crippen LogP) is 2.97. The van der Waals surface area contributed by atoms with E-state index in [1.165, 1.54) is 6.92 Å². The summed E-state index contributed by atoms with van der Waals surface area (Å²) in [6.45, 7) is 1.62. The molecule has 0 radical (unpaired) electrons. The largest absolute Gasteiger partial charge is 0.497 e. The second kappa shape index (κ2) is 8.36. The van der Waals surface area contributed by atoms with Crippen LogP contribution in [0.4, 0.5) is 0 Å². The van der Waals surface area contributed by atoms with E-state index in [1.807, 2.05) is 6.07 Å². The molecular weight excluding hydrogens is 362 g/mol. The van der Waals surface area contributed by atoms with Gasteiger partial charge in [-0.05, 0) is 42.3 Å². The first kappa shape index (κ1) is 19.3. The molecule has 0 spiro atoms. The number of ether oxygens (including phenoxy) is 1. The van der Waals surface area contributed by atoms with Gasteiger partial charge in [0.1, 0.15) is 11.0 Å². The quantitative estimate of drug-likeness (QED) is 0.800. The lowest BCUT2D eigenvalue weighted by molar-refractivity contribution is -0.120. The van der Waals surface area contributed by atoms with Gasteiger partial charge in [-0.15, -0.1) is 0 Å². The van der Waals surface area contributed by atoms with Gasteiger partial charge in [0.25, 0.3) is 0 Å². The lowest BCUT2D eigenvalue weighted by atomic mass is 10.2. The van der Waals surface area contributed by atoms with Crippen LogP contribution in [0.2, 0.25) is 5.02 Å². The molecule has 7 heteroatoms. The molecule has 0 aliphatic heterocycles. The highest BCUT2D eigenvalue weighted by Crippen LogP contribution is 2.16. The monoisotopic (exact) mass is 381 g/mol. The highest BCUT2D eigenvalue weighted by molar-refractivity contribution is 7.92. The summed E-state index contributed by atoms with van der Waals surface area (Å²) in [4.78, 5) is 12.2. The number of hydrogen-bond donors (Lipinski definition) is 1. The Labute approximate surface area is 152 Å². The number of carbonyl (C=O) groups excluding carboxylic acids is 1. The summed E-state index contributed by atoms with van der Waals surface area (Å²) in [5, 5.41) is 1.96. The molecule has 0 aromatic heterocycles. The Hall–Kier alpha value is -2.05. The number of carbonyl (C=O) groups is 1. The average molecular weight is 382 g/mol. The highest BCUT2D eigenvalue weighted by Gasteiger charge is 2.28. The maximum Gasteiger partial charge on any atom is 0.238 e. The molecule has 25 heavy (non-hydrogen) atoms. The molecule has 0 bridgehead atoms. The maximum atomic E-state index is 12.4. The molecule has 2 aromatic rings. The third-order valence-electron chi connectivity index (χ3n) is 3.77. The van der Waals surface area contributed by atoms with Crippen LogP contribution in [-0.4, -0.2) is 26.7 Å². The van der Waals surface area contributed by atoms with E-state index in [0.717, 1.165) is 5.56 Å². The van der Waals surface area contributed by atoms with Gasteiger partial charge in [0.15, 0.2) is 9.84 Å². The summed E-state index contributed by atoms with van der Waals surface area (Å²) in [6, 6.07) is 13.8. The van der Waals surface area contributed by atoms with Gasteiger partial charge in [0.05, 0.1) is 12.9 Å². The SMILES string of the molecule is COc1cccc(CNC(=O)C(C)S(=O)(=O)Cc2cccc(Cl)c2)c1. The first-order valence-electron chi connectivity index (χ1n) is 7.68. The van der Waals surface area contributed by atoms with Crippen molar-refractivity contribution in [1.29, 1.82) is 0 Å². The first-order valence-corrected chi connectivity index (χ1v) is 9.78. The minimum absolute atomic E-state index is 0.229. The van der Waals surface area contributed by atoms with Crippen molar-refractivity contribution >= 4 is 27.3 Å². The minimum Gasteiger partial charge on any atom is -0.497 e. The molecule has 1 N–H and O–H groups in total. The van der Waals surface area contributed by atoms with E-state index in [-0.39, 0.29) is 12.3 Å². The predicted molar refractivity (Wildman–Crippen MR) is 98.4 cm³/mol. The van der Waals surface area contributed by atoms with Crippen LogP contribution in [0.3, 0.4) is 0 Å². The molecule has 1 amide bonds. The minimum atomic E-state index is -3.64. The summed E-state index contributed by atoms with van der Waals surface area (Å²) in [7, 11) is -2.08. The molecule has 134 valence electrons. The zero-order valence-electron chi connectivity index (χ0n) is 14.0. The third kappa shape index (κ3) is 5.47. The van der Waals surface area contributed by atoms with Gasteiger partial charge in [0, 0.05) is 11.6 Å². The molecule has 0 heterocycles. The first-order chi connectivity index (χ1) is 11.8. The summed E-state index contributed by atoms with van der Waals surface area (Å²) < 4.78 is 30.0. The fraction of sp³-hybridized carbons (Fsp3) is 0.278. The molecule has 0 saturated heterocycles. The smallest absolute Gasteiger partial charge is 0.238 e. The Morgan fingerprint density at radius 3 is 2.52 bits per heavy atom. The highest BCUT2D eigenvalue weighted by atomic mass is 35.5. The van der Waals surface area contributed by atoms with Crippen LogP contribution in [0.15, 0.2) is 48.5 Å². The Kier molecular flexibility index (Phi) is 6.45. The molecule has 0 saturated carbocycles. The molecule has 1 unspecified atom stereocenters. The Morgan fingerprint density at radius 2 is 1.84 bits per heavy atom. The number of nitrogens with one attached hydrogen (secondary N) is 1. The molecule has 1 atom stereocenters. The zero-order chi connectivity index (χ0) is 18.4. The number of methoxy groups -OCH3 is 1. The number of sulfone groups is 1. The van der Waals surface area contributed by atoms with Crippen LogP contribution >= 0.6 is 11.6 Å². The van der Waals surface area contributed by atoms with Crippen LogP contribution in [0.1, 0.15) is 18.1 Å². The average Bonchev–Trinajstić information content (AvgIpc) is 2.58. The van der Waals surface area contributed by atoms with Crippen LogP contribution in [-0.2, 0) is 26.9 Å². The normalized spacial score (nSPS) is 12.4. The number of benzene rings is 2. The molecule has 0 aliphatic rings. The summed E-state index contributed by atoms with van der Waals surface area (Å²) in [5.74, 6) is -0.0976. The Morgan fingerprint density at radius 1 is 1.16 bits per heavy atom. The van der Waals surface area contributed by atoms with Crippen LogP contribution in [0.25, 0.3) is 0 Å². The van der Waals surface area contributed by atoms with Gasteiger partial charge >= 0.3 is 0 Å². The number of amides is 1. The van der Waals surface area contributed by atoms with Gasteiger partial charge in [-0.3, -0.25) is 4.79 Å². The maximum absolute atomic E-state index is 12.4. The van der Waals surface area contributed by atoms with Crippen LogP contribution < -0.4 is 10.1 Å². The van der Waals surface area contributed by atoms with Gasteiger partial charge in [0.2, 0.25) is 5.91 Å². The number of rotatable bonds is 7. The standard InChI is InChI=1S/C18H20ClNO4S/c1-13(25(22,23)12-15-6-3-7-16(19)9-15)18(21)20-11-14-5-4-8-17(10-14)24-2/h3-10,13H,11-12H2,1-2H3,(H,20,21). The fourth-order valence-corrected chi connectivity index (χ4v) is 3.78. The van der Waals surface area contributed by atoms with Crippen molar-refractivity contribution in [3.05, 3.63) is 64.7 Å². The summed E-state index contributed by atoms with van der Waals surface area (Å²) in [5.41, 5.74) is 1.38. The molecule has 0 fully saturated rings. The van der Waals surface area contributed by atoms with Crippen molar-refractivity contribution in [2.45, 2.75) is 24.5 Å². The number of hydrogen-bond acceptors (Lipinski definition) is 4. The van der Waals surface area contributed by atoms with E-state index in [1.54, 1.807) is 49.6 Å². The van der Waals surface area contributed by atoms with Crippen molar-refractivity contribution in [2.24, 2.45) is 0 Å². The van der Waals surface area contributed by atoms with Crippen molar-refractivity contribution in [3.63, 3.8) is 0 Å². The van der Waals surface area contributed by atoms with Gasteiger partial charge in [-0.25, -0.2) is 8.42 Å². The summed E-state index contributed by atoms with van der Waals surface area (Å²) in [6.07, 6.45) is 0. The zero-order valence-corrected chi connectivity index (χ0v) is 15.6. The molecule has 2 rings (SSSR count). The number of halogens is 1. The van der Waals surface area contributed by atoms with Gasteiger partial charge in [-0.2, -0.15) is 0 Å². The van der Waals surface area contributed by atoms with E-state index < -0.39 is 21.0 Å². The van der Waals surface area contributed by atoms with Gasteiger partial charge in [-0.1, -0.05) is 35.9 Å². The topological polar surface area (TPSA) is 72.5 Å². The van der Waals surface area contributed by atoms with Gasteiger partial charge < -0.3 is 10.1 Å². The third-order valence-corrected chi connectivity index (χ3v) is 6.03. The fourth-order valence-electron chi connectivity index (χ4n) is 2.26. The van der Waals surface area contributed by atoms with Crippen molar-refractivity contribution < 1.29 is 17.9 Å². The van der Waals surface area contributed by atoms with E-state index >= 15 is 0 Å². The lowest BCUT2D eigenvalue weighted by Crippen LogP contribution is -2.38. The van der Waals surface area contributed by atoms with E-state index in [9.17, 15) is 13.2 Å². The molecule has 5 nitrogen and oxygen atoms in total. The van der Waals surface area contributed by atoms with E-state index in [4.69, 9.17) is 16.3 Å². The van der Waals surface area contributed by atoms with E-state index in [2.05, 4.69) is 5.32 Å².